The minimum Gasteiger partial charge on any atom is -0.393 e. The standard InChI is InChI=1S/C26H40O2/c1-18(7-5-8-20(3)27)23-14-15-24-22(9-6-16-26(23,24)4)13-12-21-11-10-19(2)25(28)17-21/h5,7,12-13,18,20,23-25,27-28H,2,6,8-11,14-17H2,1,3-4H3/b7-5+,21-12-,22-13+/t18-,20-,23?,24?,25-,26-/m1/s1. The SMILES string of the molecule is C=C1CC/C(=C/C=C2\CCC[C@@]3(C)C2CCC3[C@H](C)/C=C/C[C@@H](C)O)C[C@H]1O. The van der Waals surface area contributed by atoms with Gasteiger partial charge in [0.15, 0.2) is 0 Å². The summed E-state index contributed by atoms with van der Waals surface area (Å²) in [7, 11) is 0. The van der Waals surface area contributed by atoms with E-state index >= 15 is 0 Å². The monoisotopic (exact) mass is 384 g/mol. The first-order chi connectivity index (χ1) is 13.3. The first kappa shape index (κ1) is 21.6. The molecule has 0 aromatic heterocycles. The summed E-state index contributed by atoms with van der Waals surface area (Å²) in [5, 5.41) is 19.6. The van der Waals surface area contributed by atoms with Crippen LogP contribution in [0.5, 0.6) is 0 Å². The van der Waals surface area contributed by atoms with Crippen molar-refractivity contribution in [1.29, 1.82) is 0 Å². The van der Waals surface area contributed by atoms with Crippen molar-refractivity contribution in [2.75, 3.05) is 0 Å². The van der Waals surface area contributed by atoms with Crippen LogP contribution in [0, 0.1) is 23.2 Å². The Labute approximate surface area is 172 Å². The number of hydrogen-bond donors (Lipinski definition) is 2. The number of aliphatic hydroxyl groups is 2. The lowest BCUT2D eigenvalue weighted by atomic mass is 9.61. The highest BCUT2D eigenvalue weighted by molar-refractivity contribution is 5.28. The van der Waals surface area contributed by atoms with E-state index in [0.29, 0.717) is 17.3 Å². The number of aliphatic hydroxyl groups excluding tert-OH is 2. The Morgan fingerprint density at radius 3 is 2.68 bits per heavy atom. The number of hydrogen-bond acceptors (Lipinski definition) is 2. The van der Waals surface area contributed by atoms with E-state index in [-0.39, 0.29) is 12.2 Å². The second-order valence-corrected chi connectivity index (χ2v) is 9.91. The number of fused-ring (bicyclic) bond motifs is 1. The molecule has 0 spiro atoms. The van der Waals surface area contributed by atoms with Crippen LogP contribution in [0.4, 0.5) is 0 Å². The van der Waals surface area contributed by atoms with Crippen LogP contribution in [0.15, 0.2) is 47.6 Å². The molecule has 3 aliphatic rings. The van der Waals surface area contributed by atoms with E-state index in [0.717, 1.165) is 37.2 Å². The molecule has 0 amide bonds. The second kappa shape index (κ2) is 9.13. The van der Waals surface area contributed by atoms with Crippen molar-refractivity contribution in [1.82, 2.24) is 0 Å². The maximum atomic E-state index is 10.1. The van der Waals surface area contributed by atoms with Gasteiger partial charge in [-0.05, 0) is 93.5 Å². The maximum Gasteiger partial charge on any atom is 0.0784 e. The van der Waals surface area contributed by atoms with Gasteiger partial charge in [-0.2, -0.15) is 0 Å². The van der Waals surface area contributed by atoms with Crippen molar-refractivity contribution in [3.05, 3.63) is 47.6 Å². The van der Waals surface area contributed by atoms with Gasteiger partial charge >= 0.3 is 0 Å². The molecule has 28 heavy (non-hydrogen) atoms. The molecule has 2 heteroatoms. The van der Waals surface area contributed by atoms with Crippen LogP contribution in [0.2, 0.25) is 0 Å². The maximum absolute atomic E-state index is 10.1. The van der Waals surface area contributed by atoms with Gasteiger partial charge in [0.05, 0.1) is 12.2 Å². The molecule has 0 saturated heterocycles. The molecule has 3 rings (SSSR count). The van der Waals surface area contributed by atoms with Gasteiger partial charge in [0.25, 0.3) is 0 Å². The lowest BCUT2D eigenvalue weighted by Gasteiger charge is -2.44. The molecule has 6 atom stereocenters. The topological polar surface area (TPSA) is 40.5 Å². The van der Waals surface area contributed by atoms with Crippen LogP contribution in [-0.4, -0.2) is 22.4 Å². The van der Waals surface area contributed by atoms with E-state index in [1.165, 1.54) is 37.7 Å². The average molecular weight is 385 g/mol. The predicted molar refractivity (Wildman–Crippen MR) is 118 cm³/mol. The Hall–Kier alpha value is -1.12. The summed E-state index contributed by atoms with van der Waals surface area (Å²) < 4.78 is 0. The molecule has 0 radical (unpaired) electrons. The Balaban J connectivity index is 1.71. The molecule has 0 bridgehead atoms. The van der Waals surface area contributed by atoms with Gasteiger partial charge in [-0.25, -0.2) is 0 Å². The van der Waals surface area contributed by atoms with Crippen molar-refractivity contribution in [3.8, 4) is 0 Å². The summed E-state index contributed by atoms with van der Waals surface area (Å²) >= 11 is 0. The van der Waals surface area contributed by atoms with Crippen molar-refractivity contribution >= 4 is 0 Å². The highest BCUT2D eigenvalue weighted by atomic mass is 16.3. The fourth-order valence-corrected chi connectivity index (χ4v) is 6.13. The highest BCUT2D eigenvalue weighted by Crippen LogP contribution is 2.59. The van der Waals surface area contributed by atoms with E-state index in [1.807, 2.05) is 6.92 Å². The van der Waals surface area contributed by atoms with E-state index < -0.39 is 0 Å². The minimum absolute atomic E-state index is 0.247. The molecule has 0 aromatic rings. The Morgan fingerprint density at radius 2 is 1.96 bits per heavy atom. The van der Waals surface area contributed by atoms with Crippen molar-refractivity contribution in [3.63, 3.8) is 0 Å². The fraction of sp³-hybridized carbons (Fsp3) is 0.692. The third-order valence-electron chi connectivity index (χ3n) is 7.82. The van der Waals surface area contributed by atoms with Gasteiger partial charge in [-0.3, -0.25) is 0 Å². The van der Waals surface area contributed by atoms with Gasteiger partial charge in [-0.15, -0.1) is 0 Å². The largest absolute Gasteiger partial charge is 0.393 e. The molecule has 0 aromatic carbocycles. The zero-order valence-corrected chi connectivity index (χ0v) is 18.2. The molecule has 0 aliphatic heterocycles. The van der Waals surface area contributed by atoms with Crippen LogP contribution in [0.3, 0.4) is 0 Å². The summed E-state index contributed by atoms with van der Waals surface area (Å²) in [4.78, 5) is 0. The van der Waals surface area contributed by atoms with E-state index in [9.17, 15) is 10.2 Å². The lowest BCUT2D eigenvalue weighted by Crippen LogP contribution is -2.35. The molecule has 2 N–H and O–H groups in total. The average Bonchev–Trinajstić information content (AvgIpc) is 3.00. The highest BCUT2D eigenvalue weighted by Gasteiger charge is 2.50. The quantitative estimate of drug-likeness (QED) is 0.561. The molecule has 2 unspecified atom stereocenters. The molecular weight excluding hydrogens is 344 g/mol. The fourth-order valence-electron chi connectivity index (χ4n) is 6.13. The van der Waals surface area contributed by atoms with Crippen LogP contribution in [0.25, 0.3) is 0 Å². The summed E-state index contributed by atoms with van der Waals surface area (Å²) in [6.45, 7) is 10.7. The smallest absolute Gasteiger partial charge is 0.0784 e. The van der Waals surface area contributed by atoms with Gasteiger partial charge in [-0.1, -0.05) is 55.9 Å². The molecule has 3 aliphatic carbocycles. The molecule has 156 valence electrons. The predicted octanol–water partition coefficient (Wildman–Crippen LogP) is 6.12. The third-order valence-corrected chi connectivity index (χ3v) is 7.82. The van der Waals surface area contributed by atoms with Crippen LogP contribution >= 0.6 is 0 Å². The summed E-state index contributed by atoms with van der Waals surface area (Å²) in [5.74, 6) is 2.02. The van der Waals surface area contributed by atoms with Crippen LogP contribution in [-0.2, 0) is 0 Å². The third kappa shape index (κ3) is 4.71. The van der Waals surface area contributed by atoms with Gasteiger partial charge < -0.3 is 10.2 Å². The van der Waals surface area contributed by atoms with E-state index in [4.69, 9.17) is 0 Å². The van der Waals surface area contributed by atoms with Crippen molar-refractivity contribution in [2.24, 2.45) is 23.2 Å². The zero-order chi connectivity index (χ0) is 20.3. The molecule has 0 heterocycles. The Kier molecular flexibility index (Phi) is 7.04. The van der Waals surface area contributed by atoms with Crippen LogP contribution in [0.1, 0.15) is 78.6 Å². The lowest BCUT2D eigenvalue weighted by molar-refractivity contribution is 0.112. The van der Waals surface area contributed by atoms with E-state index in [1.54, 1.807) is 5.57 Å². The number of allylic oxidation sites excluding steroid dienone is 4. The first-order valence-electron chi connectivity index (χ1n) is 11.4. The van der Waals surface area contributed by atoms with Crippen molar-refractivity contribution < 1.29 is 10.2 Å². The Morgan fingerprint density at radius 1 is 1.18 bits per heavy atom. The molecule has 2 nitrogen and oxygen atoms in total. The second-order valence-electron chi connectivity index (χ2n) is 9.91. The van der Waals surface area contributed by atoms with Gasteiger partial charge in [0.2, 0.25) is 0 Å². The number of rotatable bonds is 5. The minimum atomic E-state index is -0.347. The summed E-state index contributed by atoms with van der Waals surface area (Å²) in [6, 6.07) is 0. The molecule has 3 fully saturated rings. The van der Waals surface area contributed by atoms with E-state index in [2.05, 4.69) is 44.7 Å². The van der Waals surface area contributed by atoms with Gasteiger partial charge in [0.1, 0.15) is 0 Å². The Bertz CT molecular complexity index is 653. The molecule has 3 saturated carbocycles. The van der Waals surface area contributed by atoms with Crippen LogP contribution < -0.4 is 0 Å². The zero-order valence-electron chi connectivity index (χ0n) is 18.2. The van der Waals surface area contributed by atoms with Gasteiger partial charge in [0, 0.05) is 0 Å². The summed E-state index contributed by atoms with van der Waals surface area (Å²) in [6.07, 6.45) is 18.6. The summed E-state index contributed by atoms with van der Waals surface area (Å²) in [5.41, 5.74) is 4.41. The molecular formula is C26H40O2. The first-order valence-corrected chi connectivity index (χ1v) is 11.4. The van der Waals surface area contributed by atoms with Crippen molar-refractivity contribution in [2.45, 2.75) is 90.8 Å². The normalized spacial score (nSPS) is 38.9.